The van der Waals surface area contributed by atoms with E-state index in [1.165, 1.54) is 28.7 Å². The summed E-state index contributed by atoms with van der Waals surface area (Å²) in [6.07, 6.45) is 0.738. The number of halogens is 1. The molecule has 0 fully saturated rings. The average Bonchev–Trinajstić information content (AvgIpc) is 2.53. The normalized spacial score (nSPS) is 12.3. The summed E-state index contributed by atoms with van der Waals surface area (Å²) in [7, 11) is 0. The Morgan fingerprint density at radius 3 is 2.91 bits per heavy atom. The third-order valence-corrected chi connectivity index (χ3v) is 3.28. The molecule has 0 amide bonds. The van der Waals surface area contributed by atoms with E-state index in [9.17, 15) is 14.3 Å². The van der Waals surface area contributed by atoms with Gasteiger partial charge in [-0.1, -0.05) is 18.2 Å². The number of fused-ring (bicyclic) bond motifs is 1. The van der Waals surface area contributed by atoms with E-state index in [1.807, 2.05) is 0 Å². The van der Waals surface area contributed by atoms with Gasteiger partial charge in [0.15, 0.2) is 0 Å². The zero-order chi connectivity index (χ0) is 15.5. The Hall–Kier alpha value is -2.73. The van der Waals surface area contributed by atoms with E-state index in [4.69, 9.17) is 0 Å². The van der Waals surface area contributed by atoms with E-state index in [1.54, 1.807) is 30.5 Å². The van der Waals surface area contributed by atoms with E-state index in [-0.39, 0.29) is 12.1 Å². The molecule has 0 spiro atoms. The standard InChI is InChI=1S/C16H14FN3O2/c17-12-5-3-4-11(8-12)13(21)10-18-14-9-16(22)20-7-2-1-6-15(20)19-14/h1-9,13,18,21H,10H2. The second-order valence-corrected chi connectivity index (χ2v) is 4.86. The molecule has 112 valence electrons. The van der Waals surface area contributed by atoms with Crippen LogP contribution < -0.4 is 10.9 Å². The van der Waals surface area contributed by atoms with Crippen LogP contribution in [0.3, 0.4) is 0 Å². The van der Waals surface area contributed by atoms with Gasteiger partial charge >= 0.3 is 0 Å². The highest BCUT2D eigenvalue weighted by atomic mass is 19.1. The number of pyridine rings is 1. The average molecular weight is 299 g/mol. The van der Waals surface area contributed by atoms with Crippen LogP contribution in [0.15, 0.2) is 59.5 Å². The van der Waals surface area contributed by atoms with Gasteiger partial charge in [0.25, 0.3) is 5.56 Å². The molecule has 1 atom stereocenters. The zero-order valence-electron chi connectivity index (χ0n) is 11.6. The molecule has 6 heteroatoms. The van der Waals surface area contributed by atoms with E-state index < -0.39 is 11.9 Å². The lowest BCUT2D eigenvalue weighted by Crippen LogP contribution is -2.18. The third-order valence-electron chi connectivity index (χ3n) is 3.28. The fourth-order valence-corrected chi connectivity index (χ4v) is 2.18. The fourth-order valence-electron chi connectivity index (χ4n) is 2.18. The van der Waals surface area contributed by atoms with E-state index in [0.29, 0.717) is 17.0 Å². The molecule has 3 rings (SSSR count). The number of nitrogens with one attached hydrogen (secondary N) is 1. The van der Waals surface area contributed by atoms with Crippen molar-refractivity contribution in [1.29, 1.82) is 0 Å². The lowest BCUT2D eigenvalue weighted by atomic mass is 10.1. The number of rotatable bonds is 4. The smallest absolute Gasteiger partial charge is 0.259 e. The van der Waals surface area contributed by atoms with Crippen molar-refractivity contribution in [3.8, 4) is 0 Å². The van der Waals surface area contributed by atoms with Gasteiger partial charge in [0.2, 0.25) is 0 Å². The first-order valence-electron chi connectivity index (χ1n) is 6.79. The molecular formula is C16H14FN3O2. The highest BCUT2D eigenvalue weighted by Gasteiger charge is 2.09. The van der Waals surface area contributed by atoms with Crippen LogP contribution in [0.25, 0.3) is 5.65 Å². The van der Waals surface area contributed by atoms with Crippen LogP contribution in [-0.4, -0.2) is 21.0 Å². The molecule has 22 heavy (non-hydrogen) atoms. The summed E-state index contributed by atoms with van der Waals surface area (Å²) >= 11 is 0. The van der Waals surface area contributed by atoms with Crippen LogP contribution in [-0.2, 0) is 0 Å². The van der Waals surface area contributed by atoms with Gasteiger partial charge in [-0.15, -0.1) is 0 Å². The SMILES string of the molecule is O=c1cc(NCC(O)c2cccc(F)c2)nc2ccccn12. The summed E-state index contributed by atoms with van der Waals surface area (Å²) in [5, 5.41) is 12.9. The molecule has 0 bridgehead atoms. The largest absolute Gasteiger partial charge is 0.387 e. The Bertz CT molecular complexity index is 863. The third kappa shape index (κ3) is 2.96. The van der Waals surface area contributed by atoms with E-state index >= 15 is 0 Å². The topological polar surface area (TPSA) is 66.6 Å². The summed E-state index contributed by atoms with van der Waals surface area (Å²) < 4.78 is 14.6. The second-order valence-electron chi connectivity index (χ2n) is 4.86. The summed E-state index contributed by atoms with van der Waals surface area (Å²) in [5.74, 6) is -0.0368. The van der Waals surface area contributed by atoms with Crippen LogP contribution in [0.4, 0.5) is 10.2 Å². The van der Waals surface area contributed by atoms with E-state index in [2.05, 4.69) is 10.3 Å². The van der Waals surface area contributed by atoms with Crippen molar-refractivity contribution in [3.05, 3.63) is 76.5 Å². The maximum atomic E-state index is 13.1. The van der Waals surface area contributed by atoms with Crippen LogP contribution in [0.1, 0.15) is 11.7 Å². The molecule has 0 aliphatic heterocycles. The quantitative estimate of drug-likeness (QED) is 0.773. The van der Waals surface area contributed by atoms with Crippen molar-refractivity contribution in [2.45, 2.75) is 6.10 Å². The van der Waals surface area contributed by atoms with Crippen molar-refractivity contribution < 1.29 is 9.50 Å². The fraction of sp³-hybridized carbons (Fsp3) is 0.125. The molecule has 1 aromatic carbocycles. The van der Waals surface area contributed by atoms with Gasteiger partial charge in [0.1, 0.15) is 17.3 Å². The number of benzene rings is 1. The number of nitrogens with zero attached hydrogens (tertiary/aromatic N) is 2. The Morgan fingerprint density at radius 1 is 1.23 bits per heavy atom. The van der Waals surface area contributed by atoms with E-state index in [0.717, 1.165) is 0 Å². The van der Waals surface area contributed by atoms with Crippen molar-refractivity contribution in [1.82, 2.24) is 9.38 Å². The Labute approximate surface area is 125 Å². The van der Waals surface area contributed by atoms with Crippen LogP contribution in [0, 0.1) is 5.82 Å². The van der Waals surface area contributed by atoms with Crippen LogP contribution in [0.5, 0.6) is 0 Å². The Kier molecular flexibility index (Phi) is 3.84. The minimum Gasteiger partial charge on any atom is -0.387 e. The van der Waals surface area contributed by atoms with Gasteiger partial charge in [0, 0.05) is 18.8 Å². The lowest BCUT2D eigenvalue weighted by molar-refractivity contribution is 0.191. The maximum Gasteiger partial charge on any atom is 0.259 e. The predicted octanol–water partition coefficient (Wildman–Crippen LogP) is 1.98. The number of hydrogen-bond donors (Lipinski definition) is 2. The second kappa shape index (κ2) is 5.95. The molecule has 2 N–H and O–H groups in total. The number of anilines is 1. The molecular weight excluding hydrogens is 285 g/mol. The number of aromatic nitrogens is 2. The van der Waals surface area contributed by atoms with Gasteiger partial charge in [-0.2, -0.15) is 0 Å². The summed E-state index contributed by atoms with van der Waals surface area (Å²) in [4.78, 5) is 16.2. The molecule has 2 aromatic heterocycles. The molecule has 5 nitrogen and oxygen atoms in total. The first kappa shape index (κ1) is 14.2. The molecule has 0 saturated heterocycles. The van der Waals surface area contributed by atoms with Gasteiger partial charge in [-0.25, -0.2) is 9.37 Å². The zero-order valence-corrected chi connectivity index (χ0v) is 11.6. The molecule has 3 aromatic rings. The molecule has 1 unspecified atom stereocenters. The van der Waals surface area contributed by atoms with Crippen LogP contribution in [0.2, 0.25) is 0 Å². The van der Waals surface area contributed by atoms with Crippen LogP contribution >= 0.6 is 0 Å². The minimum absolute atomic E-state index is 0.124. The first-order chi connectivity index (χ1) is 10.6. The summed E-state index contributed by atoms with van der Waals surface area (Å²) in [6, 6.07) is 12.4. The number of aliphatic hydroxyl groups excluding tert-OH is 1. The molecule has 2 heterocycles. The van der Waals surface area contributed by atoms with Crippen molar-refractivity contribution in [2.24, 2.45) is 0 Å². The Morgan fingerprint density at radius 2 is 2.09 bits per heavy atom. The minimum atomic E-state index is -0.897. The van der Waals surface area contributed by atoms with Gasteiger partial charge in [-0.05, 0) is 29.8 Å². The molecule has 0 radical (unpaired) electrons. The molecule has 0 saturated carbocycles. The summed E-state index contributed by atoms with van der Waals surface area (Å²) in [5.41, 5.74) is 0.760. The maximum absolute atomic E-state index is 13.1. The van der Waals surface area contributed by atoms with Gasteiger partial charge < -0.3 is 10.4 Å². The monoisotopic (exact) mass is 299 g/mol. The predicted molar refractivity (Wildman–Crippen MR) is 81.3 cm³/mol. The highest BCUT2D eigenvalue weighted by Crippen LogP contribution is 2.14. The number of aliphatic hydroxyl groups is 1. The molecule has 0 aliphatic rings. The van der Waals surface area contributed by atoms with Gasteiger partial charge in [0.05, 0.1) is 6.10 Å². The van der Waals surface area contributed by atoms with Crippen molar-refractivity contribution in [2.75, 3.05) is 11.9 Å². The van der Waals surface area contributed by atoms with Crippen molar-refractivity contribution >= 4 is 11.5 Å². The molecule has 0 aliphatic carbocycles. The van der Waals surface area contributed by atoms with Gasteiger partial charge in [-0.3, -0.25) is 9.20 Å². The number of hydrogen-bond acceptors (Lipinski definition) is 4. The lowest BCUT2D eigenvalue weighted by Gasteiger charge is -2.13. The summed E-state index contributed by atoms with van der Waals surface area (Å²) in [6.45, 7) is 0.124. The van der Waals surface area contributed by atoms with Crippen molar-refractivity contribution in [3.63, 3.8) is 0 Å². The highest BCUT2D eigenvalue weighted by molar-refractivity contribution is 5.46. The first-order valence-corrected chi connectivity index (χ1v) is 6.79. The Balaban J connectivity index is 1.78.